The summed E-state index contributed by atoms with van der Waals surface area (Å²) in [4.78, 5) is 26.4. The zero-order valence-electron chi connectivity index (χ0n) is 18.2. The van der Waals surface area contributed by atoms with Gasteiger partial charge in [0.05, 0.1) is 0 Å². The highest BCUT2D eigenvalue weighted by Gasteiger charge is 2.23. The molecule has 1 aromatic carbocycles. The fourth-order valence-corrected chi connectivity index (χ4v) is 4.23. The van der Waals surface area contributed by atoms with Crippen molar-refractivity contribution in [3.8, 4) is 0 Å². The number of rotatable bonds is 5. The topological polar surface area (TPSA) is 71.8 Å². The maximum absolute atomic E-state index is 12.1. The molecular weight excluding hydrogens is 404 g/mol. The van der Waals surface area contributed by atoms with Gasteiger partial charge in [-0.3, -0.25) is 4.90 Å². The van der Waals surface area contributed by atoms with Crippen molar-refractivity contribution < 1.29 is 13.9 Å². The van der Waals surface area contributed by atoms with E-state index in [0.29, 0.717) is 29.6 Å². The quantitative estimate of drug-likeness (QED) is 0.688. The first-order valence-corrected chi connectivity index (χ1v) is 11.0. The second kappa shape index (κ2) is 9.40. The molecule has 7 heteroatoms. The summed E-state index contributed by atoms with van der Waals surface area (Å²) in [6, 6.07) is 5.33. The Bertz CT molecular complexity index is 964. The Morgan fingerprint density at radius 3 is 2.77 bits per heavy atom. The highest BCUT2D eigenvalue weighted by molar-refractivity contribution is 6.32. The summed E-state index contributed by atoms with van der Waals surface area (Å²) in [5, 5.41) is 4.46. The third-order valence-electron chi connectivity index (χ3n) is 5.31. The number of hydrogen-bond acceptors (Lipinski definition) is 5. The molecule has 0 saturated carbocycles. The smallest absolute Gasteiger partial charge is 0.407 e. The molecule has 1 aliphatic heterocycles. The molecule has 164 valence electrons. The number of carbonyl (C=O) groups is 1. The molecule has 1 N–H and O–H groups in total. The third-order valence-corrected chi connectivity index (χ3v) is 5.66. The van der Waals surface area contributed by atoms with Crippen molar-refractivity contribution in [1.82, 2.24) is 10.2 Å². The molecule has 30 heavy (non-hydrogen) atoms. The molecule has 1 atom stereocenters. The summed E-state index contributed by atoms with van der Waals surface area (Å²) >= 11 is 6.41. The van der Waals surface area contributed by atoms with E-state index in [0.717, 1.165) is 48.9 Å². The molecular formula is C23H31ClN2O4. The summed E-state index contributed by atoms with van der Waals surface area (Å²) in [5.41, 5.74) is 1.63. The fourth-order valence-electron chi connectivity index (χ4n) is 3.93. The van der Waals surface area contributed by atoms with Gasteiger partial charge in [0.1, 0.15) is 11.2 Å². The standard InChI is InChI=1S/C23H31ClN2O4/c1-5-16-9-20-18(11-19(16)24)17(10-21(27)29-20)14-26-8-6-7-15(13-26)12-25-22(28)30-23(2,3)4/h9-11,15H,5-8,12-14H2,1-4H3,(H,25,28). The SMILES string of the molecule is CCc1cc2oc(=O)cc(CN3CCCC(CNC(=O)OC(C)(C)C)C3)c2cc1Cl. The summed E-state index contributed by atoms with van der Waals surface area (Å²) in [6.07, 6.45) is 2.49. The van der Waals surface area contributed by atoms with Crippen LogP contribution in [0.4, 0.5) is 4.79 Å². The Morgan fingerprint density at radius 1 is 1.30 bits per heavy atom. The van der Waals surface area contributed by atoms with Crippen LogP contribution in [-0.2, 0) is 17.7 Å². The number of halogens is 1. The summed E-state index contributed by atoms with van der Waals surface area (Å²) in [7, 11) is 0. The van der Waals surface area contributed by atoms with E-state index < -0.39 is 5.60 Å². The fraction of sp³-hybridized carbons (Fsp3) is 0.565. The van der Waals surface area contributed by atoms with Gasteiger partial charge in [-0.25, -0.2) is 9.59 Å². The maximum Gasteiger partial charge on any atom is 0.407 e. The Labute approximate surface area is 182 Å². The number of alkyl carbamates (subject to hydrolysis) is 1. The number of likely N-dealkylation sites (tertiary alicyclic amines) is 1. The van der Waals surface area contributed by atoms with Crippen molar-refractivity contribution >= 4 is 28.7 Å². The highest BCUT2D eigenvalue weighted by Crippen LogP contribution is 2.28. The van der Waals surface area contributed by atoms with Gasteiger partial charge in [0.15, 0.2) is 0 Å². The summed E-state index contributed by atoms with van der Waals surface area (Å²) in [6.45, 7) is 10.6. The minimum absolute atomic E-state index is 0.341. The Balaban J connectivity index is 1.69. The largest absolute Gasteiger partial charge is 0.444 e. The van der Waals surface area contributed by atoms with E-state index in [-0.39, 0.29) is 11.7 Å². The molecule has 0 bridgehead atoms. The number of aryl methyl sites for hydroxylation is 1. The number of nitrogens with zero attached hydrogens (tertiary/aromatic N) is 1. The second-order valence-electron chi connectivity index (χ2n) is 9.01. The van der Waals surface area contributed by atoms with Crippen molar-refractivity contribution in [2.75, 3.05) is 19.6 Å². The van der Waals surface area contributed by atoms with Crippen LogP contribution in [0.15, 0.2) is 27.4 Å². The molecule has 1 aromatic heterocycles. The average molecular weight is 435 g/mol. The molecule has 1 unspecified atom stereocenters. The minimum atomic E-state index is -0.503. The number of ether oxygens (including phenoxy) is 1. The van der Waals surface area contributed by atoms with E-state index in [1.54, 1.807) is 6.07 Å². The van der Waals surface area contributed by atoms with Crippen molar-refractivity contribution in [3.05, 3.63) is 44.8 Å². The van der Waals surface area contributed by atoms with Crippen LogP contribution in [0.1, 0.15) is 51.7 Å². The number of nitrogens with one attached hydrogen (secondary N) is 1. The van der Waals surface area contributed by atoms with Crippen molar-refractivity contribution in [3.63, 3.8) is 0 Å². The Morgan fingerprint density at radius 2 is 2.07 bits per heavy atom. The van der Waals surface area contributed by atoms with Gasteiger partial charge < -0.3 is 14.5 Å². The van der Waals surface area contributed by atoms with Gasteiger partial charge in [-0.05, 0) is 75.8 Å². The molecule has 1 amide bonds. The van der Waals surface area contributed by atoms with Crippen LogP contribution in [-0.4, -0.2) is 36.2 Å². The lowest BCUT2D eigenvalue weighted by atomic mass is 9.97. The monoisotopic (exact) mass is 434 g/mol. The molecule has 1 aliphatic rings. The molecule has 0 spiro atoms. The number of fused-ring (bicyclic) bond motifs is 1. The molecule has 1 saturated heterocycles. The molecule has 0 aliphatic carbocycles. The van der Waals surface area contributed by atoms with Gasteiger partial charge >= 0.3 is 11.7 Å². The van der Waals surface area contributed by atoms with Gasteiger partial charge in [-0.2, -0.15) is 0 Å². The van der Waals surface area contributed by atoms with Crippen LogP contribution in [0.3, 0.4) is 0 Å². The van der Waals surface area contributed by atoms with Gasteiger partial charge in [0.2, 0.25) is 0 Å². The van der Waals surface area contributed by atoms with E-state index in [9.17, 15) is 9.59 Å². The third kappa shape index (κ3) is 5.99. The zero-order chi connectivity index (χ0) is 21.9. The van der Waals surface area contributed by atoms with Gasteiger partial charge in [0, 0.05) is 36.1 Å². The van der Waals surface area contributed by atoms with E-state index in [4.69, 9.17) is 20.8 Å². The van der Waals surface area contributed by atoms with Crippen LogP contribution >= 0.6 is 11.6 Å². The first-order chi connectivity index (χ1) is 14.1. The molecule has 2 aromatic rings. The number of piperidine rings is 1. The number of amides is 1. The molecule has 0 radical (unpaired) electrons. The van der Waals surface area contributed by atoms with E-state index in [1.807, 2.05) is 39.8 Å². The molecule has 3 rings (SSSR count). The predicted octanol–water partition coefficient (Wildman–Crippen LogP) is 4.75. The normalized spacial score (nSPS) is 17.8. The van der Waals surface area contributed by atoms with Crippen molar-refractivity contribution in [1.29, 1.82) is 0 Å². The van der Waals surface area contributed by atoms with E-state index >= 15 is 0 Å². The van der Waals surface area contributed by atoms with E-state index in [1.165, 1.54) is 0 Å². The average Bonchev–Trinajstić information content (AvgIpc) is 2.65. The lowest BCUT2D eigenvalue weighted by Crippen LogP contribution is -2.42. The first kappa shape index (κ1) is 22.6. The van der Waals surface area contributed by atoms with Gasteiger partial charge in [0.25, 0.3) is 0 Å². The van der Waals surface area contributed by atoms with Crippen LogP contribution in [0.2, 0.25) is 5.02 Å². The predicted molar refractivity (Wildman–Crippen MR) is 119 cm³/mol. The van der Waals surface area contributed by atoms with Gasteiger partial charge in [-0.1, -0.05) is 18.5 Å². The summed E-state index contributed by atoms with van der Waals surface area (Å²) in [5.74, 6) is 0.341. The number of carbonyl (C=O) groups excluding carboxylic acids is 1. The zero-order valence-corrected chi connectivity index (χ0v) is 19.0. The lowest BCUT2D eigenvalue weighted by Gasteiger charge is -2.33. The first-order valence-electron chi connectivity index (χ1n) is 10.6. The van der Waals surface area contributed by atoms with Crippen LogP contribution in [0, 0.1) is 5.92 Å². The van der Waals surface area contributed by atoms with Crippen LogP contribution < -0.4 is 10.9 Å². The number of hydrogen-bond donors (Lipinski definition) is 1. The molecule has 1 fully saturated rings. The van der Waals surface area contributed by atoms with E-state index in [2.05, 4.69) is 10.2 Å². The highest BCUT2D eigenvalue weighted by atomic mass is 35.5. The Hall–Kier alpha value is -2.05. The molecule has 6 nitrogen and oxygen atoms in total. The van der Waals surface area contributed by atoms with Crippen molar-refractivity contribution in [2.24, 2.45) is 5.92 Å². The second-order valence-corrected chi connectivity index (χ2v) is 9.42. The molecule has 2 heterocycles. The minimum Gasteiger partial charge on any atom is -0.444 e. The lowest BCUT2D eigenvalue weighted by molar-refractivity contribution is 0.0506. The summed E-state index contributed by atoms with van der Waals surface area (Å²) < 4.78 is 10.7. The van der Waals surface area contributed by atoms with Gasteiger partial charge in [-0.15, -0.1) is 0 Å². The maximum atomic E-state index is 12.1. The van der Waals surface area contributed by atoms with Crippen molar-refractivity contribution in [2.45, 2.75) is 59.1 Å². The Kier molecular flexibility index (Phi) is 7.09. The van der Waals surface area contributed by atoms with Crippen LogP contribution in [0.25, 0.3) is 11.0 Å². The number of benzene rings is 1. The van der Waals surface area contributed by atoms with Crippen LogP contribution in [0.5, 0.6) is 0 Å².